The third-order valence-corrected chi connectivity index (χ3v) is 4.72. The summed E-state index contributed by atoms with van der Waals surface area (Å²) in [5, 5.41) is -0.348. The van der Waals surface area contributed by atoms with E-state index < -0.39 is 15.9 Å². The maximum Gasteiger partial charge on any atom is 0.152 e. The molecule has 0 spiro atoms. The van der Waals surface area contributed by atoms with Gasteiger partial charge in [0.25, 0.3) is 0 Å². The van der Waals surface area contributed by atoms with Crippen molar-refractivity contribution >= 4 is 15.6 Å². The van der Waals surface area contributed by atoms with Gasteiger partial charge in [0.15, 0.2) is 5.78 Å². The molecule has 1 aliphatic carbocycles. The second-order valence-electron chi connectivity index (χ2n) is 4.51. The third-order valence-electron chi connectivity index (χ3n) is 3.08. The first kappa shape index (κ1) is 12.6. The topological polar surface area (TPSA) is 77.2 Å². The van der Waals surface area contributed by atoms with Crippen LogP contribution in [0.25, 0.3) is 0 Å². The highest BCUT2D eigenvalue weighted by Crippen LogP contribution is 2.29. The fraction of sp³-hybridized carbons (Fsp3) is 0.900. The minimum atomic E-state index is -3.01. The molecule has 3 atom stereocenters. The predicted octanol–water partition coefficient (Wildman–Crippen LogP) is 0.506. The number of Topliss-reactive ketones (excluding diaryl/α,β-unsaturated/α-hetero) is 1. The zero-order chi connectivity index (χ0) is 11.6. The van der Waals surface area contributed by atoms with Gasteiger partial charge in [0.1, 0.15) is 9.84 Å². The van der Waals surface area contributed by atoms with Gasteiger partial charge in [0, 0.05) is 12.2 Å². The second-order valence-corrected chi connectivity index (χ2v) is 6.83. The van der Waals surface area contributed by atoms with Gasteiger partial charge in [0.2, 0.25) is 0 Å². The Morgan fingerprint density at radius 2 is 2.00 bits per heavy atom. The van der Waals surface area contributed by atoms with E-state index in [1.165, 1.54) is 6.26 Å². The molecular formula is C10H19NO3S. The predicted molar refractivity (Wildman–Crippen MR) is 59.2 cm³/mol. The largest absolute Gasteiger partial charge is 0.322 e. The second kappa shape index (κ2) is 4.61. The Kier molecular flexibility index (Phi) is 3.89. The normalized spacial score (nSPS) is 29.8. The van der Waals surface area contributed by atoms with Crippen molar-refractivity contribution < 1.29 is 13.2 Å². The van der Waals surface area contributed by atoms with Gasteiger partial charge in [-0.15, -0.1) is 0 Å². The summed E-state index contributed by atoms with van der Waals surface area (Å²) in [4.78, 5) is 11.7. The van der Waals surface area contributed by atoms with Gasteiger partial charge < -0.3 is 5.73 Å². The lowest BCUT2D eigenvalue weighted by Gasteiger charge is -2.27. The van der Waals surface area contributed by atoms with Gasteiger partial charge in [0.05, 0.1) is 11.3 Å². The third kappa shape index (κ3) is 3.28. The van der Waals surface area contributed by atoms with E-state index in [0.29, 0.717) is 12.8 Å². The van der Waals surface area contributed by atoms with Crippen molar-refractivity contribution in [2.75, 3.05) is 6.26 Å². The number of hydrogen-bond donors (Lipinski definition) is 1. The summed E-state index contributed by atoms with van der Waals surface area (Å²) < 4.78 is 22.8. The molecule has 1 saturated carbocycles. The lowest BCUT2D eigenvalue weighted by atomic mass is 9.84. The van der Waals surface area contributed by atoms with Crippen LogP contribution in [-0.2, 0) is 14.6 Å². The number of hydrogen-bond acceptors (Lipinski definition) is 4. The highest BCUT2D eigenvalue weighted by molar-refractivity contribution is 7.91. The Bertz CT molecular complexity index is 335. The van der Waals surface area contributed by atoms with Crippen LogP contribution in [0.2, 0.25) is 0 Å². The number of carbonyl (C=O) groups is 1. The Balaban J connectivity index is 2.69. The summed E-state index contributed by atoms with van der Waals surface area (Å²) in [7, 11) is -3.01. The average Bonchev–Trinajstić information content (AvgIpc) is 2.15. The fourth-order valence-corrected chi connectivity index (χ4v) is 3.34. The van der Waals surface area contributed by atoms with E-state index in [-0.39, 0.29) is 17.0 Å². The molecule has 2 unspecified atom stereocenters. The standard InChI is InChI=1S/C10H19NO3S/c1-7(11)10(12)8-4-3-5-9(6-8)15(2,13)14/h7-9H,3-6,11H2,1-2H3/t7-,8?,9?/m0/s1. The van der Waals surface area contributed by atoms with Crippen molar-refractivity contribution in [3.63, 3.8) is 0 Å². The number of sulfone groups is 1. The minimum absolute atomic E-state index is 0.00310. The van der Waals surface area contributed by atoms with Gasteiger partial charge >= 0.3 is 0 Å². The smallest absolute Gasteiger partial charge is 0.152 e. The van der Waals surface area contributed by atoms with E-state index in [1.807, 2.05) is 0 Å². The van der Waals surface area contributed by atoms with Crippen molar-refractivity contribution in [2.45, 2.75) is 43.9 Å². The molecule has 15 heavy (non-hydrogen) atoms. The van der Waals surface area contributed by atoms with E-state index >= 15 is 0 Å². The summed E-state index contributed by atoms with van der Waals surface area (Å²) in [5.74, 6) is -0.151. The summed E-state index contributed by atoms with van der Waals surface area (Å²) in [6.07, 6.45) is 3.98. The van der Waals surface area contributed by atoms with E-state index in [1.54, 1.807) is 6.92 Å². The molecule has 5 heteroatoms. The van der Waals surface area contributed by atoms with Crippen LogP contribution >= 0.6 is 0 Å². The molecule has 0 aliphatic heterocycles. The highest BCUT2D eigenvalue weighted by Gasteiger charge is 2.33. The molecule has 0 radical (unpaired) electrons. The van der Waals surface area contributed by atoms with Crippen molar-refractivity contribution in [3.8, 4) is 0 Å². The molecule has 1 rings (SSSR count). The Morgan fingerprint density at radius 1 is 1.40 bits per heavy atom. The van der Waals surface area contributed by atoms with Gasteiger partial charge in [-0.05, 0) is 26.2 Å². The quantitative estimate of drug-likeness (QED) is 0.770. The highest BCUT2D eigenvalue weighted by atomic mass is 32.2. The Hall–Kier alpha value is -0.420. The van der Waals surface area contributed by atoms with Gasteiger partial charge in [-0.25, -0.2) is 8.42 Å². The molecule has 0 aromatic heterocycles. The van der Waals surface area contributed by atoms with E-state index in [0.717, 1.165) is 12.8 Å². The molecule has 1 fully saturated rings. The number of rotatable bonds is 3. The van der Waals surface area contributed by atoms with Crippen molar-refractivity contribution in [2.24, 2.45) is 11.7 Å². The number of nitrogens with two attached hydrogens (primary N) is 1. The van der Waals surface area contributed by atoms with E-state index in [2.05, 4.69) is 0 Å². The molecule has 0 aromatic rings. The Labute approximate surface area is 91.1 Å². The molecule has 1 aliphatic rings. The zero-order valence-corrected chi connectivity index (χ0v) is 10.1. The zero-order valence-electron chi connectivity index (χ0n) is 9.27. The summed E-state index contributed by atoms with van der Waals surface area (Å²) in [5.41, 5.74) is 5.52. The molecule has 2 N–H and O–H groups in total. The maximum atomic E-state index is 11.7. The summed E-state index contributed by atoms with van der Waals surface area (Å²) >= 11 is 0. The van der Waals surface area contributed by atoms with Gasteiger partial charge in [-0.3, -0.25) is 4.79 Å². The van der Waals surface area contributed by atoms with E-state index in [9.17, 15) is 13.2 Å². The van der Waals surface area contributed by atoms with Crippen LogP contribution in [0.3, 0.4) is 0 Å². The van der Waals surface area contributed by atoms with Gasteiger partial charge in [-0.2, -0.15) is 0 Å². The average molecular weight is 233 g/mol. The molecule has 88 valence electrons. The molecule has 4 nitrogen and oxygen atoms in total. The first-order valence-corrected chi connectivity index (χ1v) is 7.26. The first-order valence-electron chi connectivity index (χ1n) is 5.30. The van der Waals surface area contributed by atoms with Crippen molar-refractivity contribution in [1.82, 2.24) is 0 Å². The van der Waals surface area contributed by atoms with Gasteiger partial charge in [-0.1, -0.05) is 6.42 Å². The summed E-state index contributed by atoms with van der Waals surface area (Å²) in [6, 6.07) is -0.478. The lowest BCUT2D eigenvalue weighted by Crippen LogP contribution is -2.38. The number of carbonyl (C=O) groups excluding carboxylic acids is 1. The molecule has 0 saturated heterocycles. The van der Waals surface area contributed by atoms with E-state index in [4.69, 9.17) is 5.73 Å². The van der Waals surface area contributed by atoms with Crippen LogP contribution in [0.5, 0.6) is 0 Å². The Morgan fingerprint density at radius 3 is 2.47 bits per heavy atom. The van der Waals surface area contributed by atoms with Crippen LogP contribution in [0.1, 0.15) is 32.6 Å². The molecule has 0 aromatic carbocycles. The monoisotopic (exact) mass is 233 g/mol. The number of ketones is 1. The minimum Gasteiger partial charge on any atom is -0.322 e. The van der Waals surface area contributed by atoms with Crippen LogP contribution < -0.4 is 5.73 Å². The van der Waals surface area contributed by atoms with Crippen molar-refractivity contribution in [3.05, 3.63) is 0 Å². The van der Waals surface area contributed by atoms with Crippen LogP contribution in [0.4, 0.5) is 0 Å². The molecule has 0 heterocycles. The van der Waals surface area contributed by atoms with Crippen LogP contribution in [-0.4, -0.2) is 31.7 Å². The fourth-order valence-electron chi connectivity index (χ4n) is 2.16. The van der Waals surface area contributed by atoms with Crippen LogP contribution in [0.15, 0.2) is 0 Å². The summed E-state index contributed by atoms with van der Waals surface area (Å²) in [6.45, 7) is 1.66. The maximum absolute atomic E-state index is 11.7. The lowest BCUT2D eigenvalue weighted by molar-refractivity contribution is -0.124. The van der Waals surface area contributed by atoms with Crippen LogP contribution in [0, 0.1) is 5.92 Å². The SMILES string of the molecule is C[C@H](N)C(=O)C1CCCC(S(C)(=O)=O)C1. The van der Waals surface area contributed by atoms with Crippen molar-refractivity contribution in [1.29, 1.82) is 0 Å². The molecule has 0 amide bonds. The first-order chi connectivity index (χ1) is 6.82. The molecular weight excluding hydrogens is 214 g/mol. The molecule has 0 bridgehead atoms.